The molecule has 0 spiro atoms. The predicted octanol–water partition coefficient (Wildman–Crippen LogP) is 1.66. The molecule has 158 valence electrons. The molecule has 0 atom stereocenters. The minimum Gasteiger partial charge on any atom is -0.450 e. The Morgan fingerprint density at radius 1 is 1.10 bits per heavy atom. The first-order valence-electron chi connectivity index (χ1n) is 10.3. The number of benzene rings is 1. The van der Waals surface area contributed by atoms with Gasteiger partial charge in [-0.2, -0.15) is 0 Å². The van der Waals surface area contributed by atoms with Crippen LogP contribution >= 0.6 is 0 Å². The number of likely N-dealkylation sites (tertiary alicyclic amines) is 1. The molecule has 0 aromatic heterocycles. The standard InChI is InChI=1S/C21H31N5O3/c1-3-29-21(28)25-13-11-24(12-14-25)20(22-2)23-15-17-7-4-5-8-18(17)16-26-10-6-9-19(26)27/h4-5,7-8H,3,6,9-16H2,1-2H3,(H,22,23). The van der Waals surface area contributed by atoms with E-state index in [1.807, 2.05) is 24.0 Å². The number of hydrogen-bond donors (Lipinski definition) is 1. The maximum absolute atomic E-state index is 12.0. The molecule has 0 aliphatic carbocycles. The molecule has 29 heavy (non-hydrogen) atoms. The molecule has 2 amide bonds. The van der Waals surface area contributed by atoms with Gasteiger partial charge in [0.2, 0.25) is 5.91 Å². The number of nitrogens with zero attached hydrogens (tertiary/aromatic N) is 4. The monoisotopic (exact) mass is 401 g/mol. The van der Waals surface area contributed by atoms with Gasteiger partial charge in [0.25, 0.3) is 0 Å². The van der Waals surface area contributed by atoms with Crippen LogP contribution in [-0.2, 0) is 22.6 Å². The molecule has 0 bridgehead atoms. The van der Waals surface area contributed by atoms with Crippen molar-refractivity contribution in [1.29, 1.82) is 0 Å². The maximum Gasteiger partial charge on any atom is 0.409 e. The third-order valence-corrected chi connectivity index (χ3v) is 5.40. The van der Waals surface area contributed by atoms with Crippen molar-refractivity contribution in [3.8, 4) is 0 Å². The summed E-state index contributed by atoms with van der Waals surface area (Å²) >= 11 is 0. The Bertz CT molecular complexity index is 744. The smallest absolute Gasteiger partial charge is 0.409 e. The van der Waals surface area contributed by atoms with Crippen LogP contribution in [0.3, 0.4) is 0 Å². The van der Waals surface area contributed by atoms with Crippen LogP contribution in [0.2, 0.25) is 0 Å². The van der Waals surface area contributed by atoms with Gasteiger partial charge in [-0.15, -0.1) is 0 Å². The van der Waals surface area contributed by atoms with E-state index in [4.69, 9.17) is 4.74 Å². The minimum atomic E-state index is -0.250. The average molecular weight is 402 g/mol. The van der Waals surface area contributed by atoms with Gasteiger partial charge in [-0.05, 0) is 24.5 Å². The number of rotatable bonds is 5. The highest BCUT2D eigenvalue weighted by Gasteiger charge is 2.24. The van der Waals surface area contributed by atoms with Crippen molar-refractivity contribution in [2.45, 2.75) is 32.9 Å². The zero-order valence-electron chi connectivity index (χ0n) is 17.4. The summed E-state index contributed by atoms with van der Waals surface area (Å²) in [4.78, 5) is 34.1. The summed E-state index contributed by atoms with van der Waals surface area (Å²) in [6.07, 6.45) is 1.36. The van der Waals surface area contributed by atoms with Crippen LogP contribution in [-0.4, -0.2) is 79.0 Å². The molecule has 1 aromatic carbocycles. The zero-order valence-corrected chi connectivity index (χ0v) is 17.4. The fourth-order valence-electron chi connectivity index (χ4n) is 3.78. The van der Waals surface area contributed by atoms with Crippen molar-refractivity contribution < 1.29 is 14.3 Å². The number of aliphatic imine (C=N–C) groups is 1. The topological polar surface area (TPSA) is 77.5 Å². The lowest BCUT2D eigenvalue weighted by molar-refractivity contribution is -0.128. The normalized spacial score (nSPS) is 17.7. The summed E-state index contributed by atoms with van der Waals surface area (Å²) in [5.74, 6) is 1.06. The zero-order chi connectivity index (χ0) is 20.6. The van der Waals surface area contributed by atoms with Crippen LogP contribution in [0.1, 0.15) is 30.9 Å². The number of hydrogen-bond acceptors (Lipinski definition) is 4. The highest BCUT2D eigenvalue weighted by atomic mass is 16.6. The average Bonchev–Trinajstić information content (AvgIpc) is 3.14. The van der Waals surface area contributed by atoms with Crippen LogP contribution in [0.5, 0.6) is 0 Å². The summed E-state index contributed by atoms with van der Waals surface area (Å²) in [5.41, 5.74) is 2.33. The SMILES string of the molecule is CCOC(=O)N1CCN(C(=NC)NCc2ccccc2CN2CCCC2=O)CC1. The summed E-state index contributed by atoms with van der Waals surface area (Å²) in [7, 11) is 1.77. The summed E-state index contributed by atoms with van der Waals surface area (Å²) in [6, 6.07) is 8.22. The minimum absolute atomic E-state index is 0.239. The summed E-state index contributed by atoms with van der Waals surface area (Å²) < 4.78 is 5.08. The molecule has 2 heterocycles. The first-order valence-corrected chi connectivity index (χ1v) is 10.3. The van der Waals surface area contributed by atoms with Crippen LogP contribution in [0, 0.1) is 0 Å². The molecule has 1 aromatic rings. The molecule has 0 unspecified atom stereocenters. The number of amides is 2. The van der Waals surface area contributed by atoms with E-state index in [2.05, 4.69) is 27.3 Å². The summed E-state index contributed by atoms with van der Waals surface area (Å²) in [6.45, 7) is 7.01. The Morgan fingerprint density at radius 2 is 1.79 bits per heavy atom. The quantitative estimate of drug-likeness (QED) is 0.600. The van der Waals surface area contributed by atoms with E-state index in [0.29, 0.717) is 52.3 Å². The third kappa shape index (κ3) is 5.40. The number of ether oxygens (including phenoxy) is 1. The van der Waals surface area contributed by atoms with Crippen LogP contribution in [0.4, 0.5) is 4.79 Å². The van der Waals surface area contributed by atoms with Gasteiger partial charge in [0.05, 0.1) is 6.61 Å². The fraction of sp³-hybridized carbons (Fsp3) is 0.571. The van der Waals surface area contributed by atoms with E-state index in [1.54, 1.807) is 11.9 Å². The fourth-order valence-corrected chi connectivity index (χ4v) is 3.78. The van der Waals surface area contributed by atoms with E-state index < -0.39 is 0 Å². The molecular weight excluding hydrogens is 370 g/mol. The van der Waals surface area contributed by atoms with Crippen molar-refractivity contribution >= 4 is 18.0 Å². The van der Waals surface area contributed by atoms with Gasteiger partial charge in [-0.3, -0.25) is 9.79 Å². The van der Waals surface area contributed by atoms with Crippen molar-refractivity contribution in [3.05, 3.63) is 35.4 Å². The van der Waals surface area contributed by atoms with Gasteiger partial charge in [-0.1, -0.05) is 24.3 Å². The van der Waals surface area contributed by atoms with Crippen LogP contribution in [0.25, 0.3) is 0 Å². The Hall–Kier alpha value is -2.77. The number of piperazine rings is 1. The molecule has 2 aliphatic heterocycles. The predicted molar refractivity (Wildman–Crippen MR) is 111 cm³/mol. The Morgan fingerprint density at radius 3 is 2.41 bits per heavy atom. The molecule has 0 saturated carbocycles. The summed E-state index contributed by atoms with van der Waals surface area (Å²) in [5, 5.41) is 3.44. The van der Waals surface area contributed by atoms with Crippen LogP contribution < -0.4 is 5.32 Å². The second kappa shape index (κ2) is 10.1. The molecule has 0 radical (unpaired) electrons. The van der Waals surface area contributed by atoms with Gasteiger partial charge in [0, 0.05) is 59.3 Å². The maximum atomic E-state index is 12.0. The Kier molecular flexibility index (Phi) is 7.32. The molecule has 2 saturated heterocycles. The molecule has 2 fully saturated rings. The second-order valence-electron chi connectivity index (χ2n) is 7.26. The van der Waals surface area contributed by atoms with Crippen molar-refractivity contribution in [2.24, 2.45) is 4.99 Å². The number of carbonyl (C=O) groups is 2. The molecule has 8 nitrogen and oxygen atoms in total. The van der Waals surface area contributed by atoms with Gasteiger partial charge < -0.3 is 24.8 Å². The first-order chi connectivity index (χ1) is 14.1. The molecule has 3 rings (SSSR count). The number of nitrogens with one attached hydrogen (secondary N) is 1. The highest BCUT2D eigenvalue weighted by Crippen LogP contribution is 2.17. The van der Waals surface area contributed by atoms with Gasteiger partial charge in [0.15, 0.2) is 5.96 Å². The van der Waals surface area contributed by atoms with E-state index in [-0.39, 0.29) is 12.0 Å². The van der Waals surface area contributed by atoms with Gasteiger partial charge in [0.1, 0.15) is 0 Å². The molecule has 2 aliphatic rings. The lowest BCUT2D eigenvalue weighted by atomic mass is 10.1. The Labute approximate surface area is 172 Å². The van der Waals surface area contributed by atoms with Crippen molar-refractivity contribution in [1.82, 2.24) is 20.0 Å². The third-order valence-electron chi connectivity index (χ3n) is 5.40. The van der Waals surface area contributed by atoms with E-state index >= 15 is 0 Å². The van der Waals surface area contributed by atoms with Crippen molar-refractivity contribution in [3.63, 3.8) is 0 Å². The van der Waals surface area contributed by atoms with Crippen molar-refractivity contribution in [2.75, 3.05) is 46.4 Å². The Balaban J connectivity index is 1.55. The van der Waals surface area contributed by atoms with E-state index in [9.17, 15) is 9.59 Å². The molecule has 1 N–H and O–H groups in total. The lowest BCUT2D eigenvalue weighted by Gasteiger charge is -2.36. The van der Waals surface area contributed by atoms with Crippen LogP contribution in [0.15, 0.2) is 29.3 Å². The first kappa shape index (κ1) is 21.0. The largest absolute Gasteiger partial charge is 0.450 e. The molecule has 8 heteroatoms. The second-order valence-corrected chi connectivity index (χ2v) is 7.26. The van der Waals surface area contributed by atoms with E-state index in [1.165, 1.54) is 5.56 Å². The molecular formula is C21H31N5O3. The number of guanidine groups is 1. The van der Waals surface area contributed by atoms with E-state index in [0.717, 1.165) is 24.5 Å². The van der Waals surface area contributed by atoms with Gasteiger partial charge in [-0.25, -0.2) is 4.79 Å². The van der Waals surface area contributed by atoms with Gasteiger partial charge >= 0.3 is 6.09 Å². The highest BCUT2D eigenvalue weighted by molar-refractivity contribution is 5.80. The lowest BCUT2D eigenvalue weighted by Crippen LogP contribution is -2.53. The number of carbonyl (C=O) groups excluding carboxylic acids is 2.